The summed E-state index contributed by atoms with van der Waals surface area (Å²) in [6.45, 7) is 6.05. The van der Waals surface area contributed by atoms with Crippen LogP contribution in [0.1, 0.15) is 32.8 Å². The van der Waals surface area contributed by atoms with Gasteiger partial charge in [-0.25, -0.2) is 4.39 Å². The zero-order valence-corrected chi connectivity index (χ0v) is 8.92. The normalized spacial score (nSPS) is 14.1. The molecule has 0 aliphatic carbocycles. The Balaban J connectivity index is 2.91. The minimum Gasteiger partial charge on any atom is -0.328 e. The highest BCUT2D eigenvalue weighted by atomic mass is 19.1. The highest BCUT2D eigenvalue weighted by molar-refractivity contribution is 5.20. The maximum atomic E-state index is 12.9. The molecule has 0 saturated carbocycles. The second-order valence-electron chi connectivity index (χ2n) is 4.46. The average molecular weight is 196 g/mol. The quantitative estimate of drug-likeness (QED) is 0.805. The first-order valence-corrected chi connectivity index (χ1v) is 4.78. The summed E-state index contributed by atoms with van der Waals surface area (Å²) in [5.41, 5.74) is 6.52. The fourth-order valence-electron chi connectivity index (χ4n) is 1.70. The summed E-state index contributed by atoms with van der Waals surface area (Å²) >= 11 is 0. The smallest absolute Gasteiger partial charge is 0.141 e. The minimum absolute atomic E-state index is 0.105. The van der Waals surface area contributed by atoms with E-state index in [1.165, 1.54) is 12.3 Å². The second-order valence-corrected chi connectivity index (χ2v) is 4.46. The Morgan fingerprint density at radius 3 is 2.64 bits per heavy atom. The molecule has 1 aromatic rings. The standard InChI is InChI=1S/C11H17FN2/c1-8(13)5-11(2,3)9-4-10(12)7-14-6-9/h4,6-8H,5,13H2,1-3H3. The summed E-state index contributed by atoms with van der Waals surface area (Å²) in [7, 11) is 0. The molecule has 1 rings (SSSR count). The van der Waals surface area contributed by atoms with Crippen molar-refractivity contribution in [2.75, 3.05) is 0 Å². The van der Waals surface area contributed by atoms with Gasteiger partial charge in [0.15, 0.2) is 0 Å². The molecule has 78 valence electrons. The molecule has 1 atom stereocenters. The van der Waals surface area contributed by atoms with Gasteiger partial charge < -0.3 is 5.73 Å². The van der Waals surface area contributed by atoms with Crippen LogP contribution in [-0.4, -0.2) is 11.0 Å². The predicted octanol–water partition coefficient (Wildman–Crippen LogP) is 2.24. The van der Waals surface area contributed by atoms with E-state index in [0.29, 0.717) is 0 Å². The maximum absolute atomic E-state index is 12.9. The molecule has 1 unspecified atom stereocenters. The van der Waals surface area contributed by atoms with Crippen molar-refractivity contribution in [2.24, 2.45) is 5.73 Å². The summed E-state index contributed by atoms with van der Waals surface area (Å²) in [5.74, 6) is -0.291. The third kappa shape index (κ3) is 2.77. The fourth-order valence-corrected chi connectivity index (χ4v) is 1.70. The number of pyridine rings is 1. The van der Waals surface area contributed by atoms with Crippen molar-refractivity contribution in [3.8, 4) is 0 Å². The lowest BCUT2D eigenvalue weighted by Gasteiger charge is -2.26. The lowest BCUT2D eigenvalue weighted by atomic mass is 9.80. The summed E-state index contributed by atoms with van der Waals surface area (Å²) < 4.78 is 12.9. The van der Waals surface area contributed by atoms with E-state index < -0.39 is 0 Å². The topological polar surface area (TPSA) is 38.9 Å². The molecular weight excluding hydrogens is 179 g/mol. The molecule has 14 heavy (non-hydrogen) atoms. The third-order valence-electron chi connectivity index (χ3n) is 2.32. The van der Waals surface area contributed by atoms with Gasteiger partial charge in [0.25, 0.3) is 0 Å². The van der Waals surface area contributed by atoms with E-state index in [1.807, 2.05) is 20.8 Å². The van der Waals surface area contributed by atoms with Gasteiger partial charge in [-0.15, -0.1) is 0 Å². The van der Waals surface area contributed by atoms with Crippen molar-refractivity contribution in [3.63, 3.8) is 0 Å². The van der Waals surface area contributed by atoms with Gasteiger partial charge in [0.1, 0.15) is 5.82 Å². The molecule has 1 heterocycles. The molecule has 0 aromatic carbocycles. The van der Waals surface area contributed by atoms with Crippen LogP contribution in [0, 0.1) is 5.82 Å². The monoisotopic (exact) mass is 196 g/mol. The lowest BCUT2D eigenvalue weighted by molar-refractivity contribution is 0.433. The van der Waals surface area contributed by atoms with Crippen molar-refractivity contribution < 1.29 is 4.39 Å². The molecule has 0 bridgehead atoms. The van der Waals surface area contributed by atoms with E-state index in [9.17, 15) is 4.39 Å². The number of rotatable bonds is 3. The van der Waals surface area contributed by atoms with Crippen LogP contribution in [0.15, 0.2) is 18.5 Å². The van der Waals surface area contributed by atoms with Gasteiger partial charge in [-0.3, -0.25) is 4.98 Å². The molecule has 0 saturated heterocycles. The van der Waals surface area contributed by atoms with Crippen LogP contribution in [0.2, 0.25) is 0 Å². The molecule has 2 N–H and O–H groups in total. The van der Waals surface area contributed by atoms with Gasteiger partial charge in [0.05, 0.1) is 6.20 Å². The Morgan fingerprint density at radius 1 is 1.50 bits per heavy atom. The number of nitrogens with two attached hydrogens (primary N) is 1. The van der Waals surface area contributed by atoms with Crippen molar-refractivity contribution in [2.45, 2.75) is 38.6 Å². The third-order valence-corrected chi connectivity index (χ3v) is 2.32. The number of halogens is 1. The molecule has 0 fully saturated rings. The summed E-state index contributed by atoms with van der Waals surface area (Å²) in [6.07, 6.45) is 3.73. The fraction of sp³-hybridized carbons (Fsp3) is 0.545. The molecule has 2 nitrogen and oxygen atoms in total. The average Bonchev–Trinajstić information content (AvgIpc) is 2.01. The Bertz CT molecular complexity index is 308. The molecule has 0 amide bonds. The summed E-state index contributed by atoms with van der Waals surface area (Å²) in [6, 6.07) is 1.63. The first-order chi connectivity index (χ1) is 6.42. The van der Waals surface area contributed by atoms with Gasteiger partial charge in [-0.1, -0.05) is 13.8 Å². The Morgan fingerprint density at radius 2 is 2.14 bits per heavy atom. The molecule has 3 heteroatoms. The second kappa shape index (κ2) is 4.05. The SMILES string of the molecule is CC(N)CC(C)(C)c1cncc(F)c1. The van der Waals surface area contributed by atoms with E-state index in [-0.39, 0.29) is 17.3 Å². The number of aromatic nitrogens is 1. The van der Waals surface area contributed by atoms with E-state index in [4.69, 9.17) is 5.73 Å². The van der Waals surface area contributed by atoms with Crippen LogP contribution >= 0.6 is 0 Å². The Hall–Kier alpha value is -0.960. The number of hydrogen-bond donors (Lipinski definition) is 1. The van der Waals surface area contributed by atoms with Gasteiger partial charge >= 0.3 is 0 Å². The van der Waals surface area contributed by atoms with Crippen LogP contribution in [0.4, 0.5) is 4.39 Å². The van der Waals surface area contributed by atoms with E-state index in [1.54, 1.807) is 6.20 Å². The summed E-state index contributed by atoms with van der Waals surface area (Å²) in [4.78, 5) is 3.84. The molecular formula is C11H17FN2. The predicted molar refractivity (Wildman–Crippen MR) is 55.5 cm³/mol. The van der Waals surface area contributed by atoms with E-state index >= 15 is 0 Å². The summed E-state index contributed by atoms with van der Waals surface area (Å²) in [5, 5.41) is 0. The van der Waals surface area contributed by atoms with Gasteiger partial charge in [-0.05, 0) is 30.4 Å². The van der Waals surface area contributed by atoms with E-state index in [2.05, 4.69) is 4.98 Å². The largest absolute Gasteiger partial charge is 0.328 e. The zero-order valence-electron chi connectivity index (χ0n) is 8.92. The van der Waals surface area contributed by atoms with Crippen molar-refractivity contribution in [1.82, 2.24) is 4.98 Å². The van der Waals surface area contributed by atoms with E-state index in [0.717, 1.165) is 12.0 Å². The van der Waals surface area contributed by atoms with Crippen LogP contribution in [0.3, 0.4) is 0 Å². The van der Waals surface area contributed by atoms with Gasteiger partial charge in [0.2, 0.25) is 0 Å². The van der Waals surface area contributed by atoms with Crippen LogP contribution in [0.5, 0.6) is 0 Å². The van der Waals surface area contributed by atoms with Crippen LogP contribution < -0.4 is 5.73 Å². The number of nitrogens with zero attached hydrogens (tertiary/aromatic N) is 1. The first kappa shape index (κ1) is 11.1. The highest BCUT2D eigenvalue weighted by Gasteiger charge is 2.22. The molecule has 0 aliphatic heterocycles. The molecule has 0 spiro atoms. The molecule has 0 aliphatic rings. The molecule has 1 aromatic heterocycles. The van der Waals surface area contributed by atoms with Crippen molar-refractivity contribution in [1.29, 1.82) is 0 Å². The maximum Gasteiger partial charge on any atom is 0.141 e. The zero-order chi connectivity index (χ0) is 10.8. The first-order valence-electron chi connectivity index (χ1n) is 4.78. The Labute approximate surface area is 84.3 Å². The molecule has 0 radical (unpaired) electrons. The van der Waals surface area contributed by atoms with Crippen LogP contribution in [-0.2, 0) is 5.41 Å². The van der Waals surface area contributed by atoms with Crippen molar-refractivity contribution in [3.05, 3.63) is 29.8 Å². The Kier molecular flexibility index (Phi) is 3.21. The van der Waals surface area contributed by atoms with Gasteiger partial charge in [-0.2, -0.15) is 0 Å². The van der Waals surface area contributed by atoms with Crippen LogP contribution in [0.25, 0.3) is 0 Å². The highest BCUT2D eigenvalue weighted by Crippen LogP contribution is 2.27. The van der Waals surface area contributed by atoms with Gasteiger partial charge in [0, 0.05) is 12.2 Å². The number of hydrogen-bond acceptors (Lipinski definition) is 2. The lowest BCUT2D eigenvalue weighted by Crippen LogP contribution is -2.28. The minimum atomic E-state index is -0.291. The van der Waals surface area contributed by atoms with Crippen molar-refractivity contribution >= 4 is 0 Å².